The van der Waals surface area contributed by atoms with E-state index in [0.29, 0.717) is 38.6 Å². The molecule has 8 N–H and O–H groups in total. The van der Waals surface area contributed by atoms with Crippen molar-refractivity contribution in [2.24, 2.45) is 23.1 Å². The van der Waals surface area contributed by atoms with E-state index in [2.05, 4.69) is 0 Å². The first-order valence-electron chi connectivity index (χ1n) is 7.42. The standard InChI is InChI=1S/C14H28N4O3/c15-8-4-3-5-10(14(20)21)9-12(19)11(16)6-1-2-7-13(17)18/h10-11H,1-9,15-16H2,(H3,17,18)(H,20,21)/t10-,11+/m1/s1. The van der Waals surface area contributed by atoms with Crippen LogP contribution in [0, 0.1) is 11.3 Å². The van der Waals surface area contributed by atoms with E-state index in [1.807, 2.05) is 0 Å². The molecule has 7 nitrogen and oxygen atoms in total. The predicted octanol–water partition coefficient (Wildman–Crippen LogP) is 0.599. The smallest absolute Gasteiger partial charge is 0.306 e. The molecule has 0 aliphatic heterocycles. The number of Topliss-reactive ketones (excluding diaryl/α,β-unsaturated/α-hetero) is 1. The molecular formula is C14H28N4O3. The van der Waals surface area contributed by atoms with Crippen molar-refractivity contribution >= 4 is 17.6 Å². The van der Waals surface area contributed by atoms with Crippen molar-refractivity contribution in [1.29, 1.82) is 5.41 Å². The third kappa shape index (κ3) is 9.97. The molecule has 0 aliphatic rings. The number of hydrogen-bond donors (Lipinski definition) is 5. The summed E-state index contributed by atoms with van der Waals surface area (Å²) < 4.78 is 0. The van der Waals surface area contributed by atoms with Gasteiger partial charge in [0.25, 0.3) is 0 Å². The van der Waals surface area contributed by atoms with Crippen LogP contribution in [0.1, 0.15) is 51.4 Å². The average molecular weight is 300 g/mol. The Kier molecular flexibility index (Phi) is 10.4. The van der Waals surface area contributed by atoms with E-state index in [9.17, 15) is 9.59 Å². The number of aliphatic carboxylic acids is 1. The average Bonchev–Trinajstić information content (AvgIpc) is 2.41. The molecule has 0 amide bonds. The molecule has 0 aliphatic carbocycles. The van der Waals surface area contributed by atoms with Crippen LogP contribution in [0.25, 0.3) is 0 Å². The Labute approximate surface area is 125 Å². The van der Waals surface area contributed by atoms with Crippen LogP contribution >= 0.6 is 0 Å². The van der Waals surface area contributed by atoms with Gasteiger partial charge < -0.3 is 22.3 Å². The van der Waals surface area contributed by atoms with Gasteiger partial charge in [0.1, 0.15) is 5.78 Å². The van der Waals surface area contributed by atoms with Crippen LogP contribution in [0.15, 0.2) is 0 Å². The summed E-state index contributed by atoms with van der Waals surface area (Å²) >= 11 is 0. The highest BCUT2D eigenvalue weighted by Crippen LogP contribution is 2.15. The summed E-state index contributed by atoms with van der Waals surface area (Å²) in [5.74, 6) is -1.71. The van der Waals surface area contributed by atoms with Crippen LogP contribution in [0.3, 0.4) is 0 Å². The van der Waals surface area contributed by atoms with Gasteiger partial charge in [-0.3, -0.25) is 15.0 Å². The number of carbonyl (C=O) groups excluding carboxylic acids is 1. The van der Waals surface area contributed by atoms with Crippen molar-refractivity contribution in [2.75, 3.05) is 6.54 Å². The fourth-order valence-corrected chi connectivity index (χ4v) is 2.08. The van der Waals surface area contributed by atoms with E-state index in [4.69, 9.17) is 27.7 Å². The third-order valence-corrected chi connectivity index (χ3v) is 3.43. The van der Waals surface area contributed by atoms with Gasteiger partial charge in [0.2, 0.25) is 0 Å². The lowest BCUT2D eigenvalue weighted by atomic mass is 9.92. The fourth-order valence-electron chi connectivity index (χ4n) is 2.08. The number of carboxylic acids is 1. The largest absolute Gasteiger partial charge is 0.481 e. The fraction of sp³-hybridized carbons (Fsp3) is 0.786. The van der Waals surface area contributed by atoms with Gasteiger partial charge in [0.05, 0.1) is 17.8 Å². The van der Waals surface area contributed by atoms with Crippen LogP contribution in [0.4, 0.5) is 0 Å². The highest BCUT2D eigenvalue weighted by atomic mass is 16.4. The lowest BCUT2D eigenvalue weighted by molar-refractivity contribution is -0.144. The maximum absolute atomic E-state index is 11.9. The summed E-state index contributed by atoms with van der Waals surface area (Å²) in [6.45, 7) is 0.524. The molecule has 0 rings (SSSR count). The molecule has 0 saturated heterocycles. The molecule has 122 valence electrons. The van der Waals surface area contributed by atoms with Gasteiger partial charge in [-0.05, 0) is 32.2 Å². The van der Waals surface area contributed by atoms with E-state index in [0.717, 1.165) is 12.8 Å². The van der Waals surface area contributed by atoms with Crippen molar-refractivity contribution in [3.05, 3.63) is 0 Å². The minimum absolute atomic E-state index is 0.0201. The zero-order valence-electron chi connectivity index (χ0n) is 12.5. The Morgan fingerprint density at radius 1 is 1.10 bits per heavy atom. The monoisotopic (exact) mass is 300 g/mol. The van der Waals surface area contributed by atoms with Crippen LogP contribution in [0.5, 0.6) is 0 Å². The van der Waals surface area contributed by atoms with Gasteiger partial charge in [-0.15, -0.1) is 0 Å². The molecule has 7 heteroatoms. The first-order valence-corrected chi connectivity index (χ1v) is 7.42. The maximum atomic E-state index is 11.9. The van der Waals surface area contributed by atoms with E-state index in [1.54, 1.807) is 0 Å². The molecule has 0 fully saturated rings. The number of carboxylic acid groups (broad SMARTS) is 1. The zero-order valence-corrected chi connectivity index (χ0v) is 12.5. The SMILES string of the molecule is N=C(N)CCCC[C@H](N)C(=O)C[C@@H](CCCCN)C(=O)O. The van der Waals surface area contributed by atoms with Crippen LogP contribution in [0.2, 0.25) is 0 Å². The number of carbonyl (C=O) groups is 2. The van der Waals surface area contributed by atoms with Gasteiger partial charge >= 0.3 is 5.97 Å². The lowest BCUT2D eigenvalue weighted by Gasteiger charge is -2.15. The summed E-state index contributed by atoms with van der Waals surface area (Å²) in [4.78, 5) is 23.1. The predicted molar refractivity (Wildman–Crippen MR) is 82.0 cm³/mol. The highest BCUT2D eigenvalue weighted by Gasteiger charge is 2.23. The number of rotatable bonds is 13. The van der Waals surface area contributed by atoms with Crippen molar-refractivity contribution in [3.63, 3.8) is 0 Å². The van der Waals surface area contributed by atoms with E-state index in [1.165, 1.54) is 0 Å². The minimum Gasteiger partial charge on any atom is -0.481 e. The molecule has 0 unspecified atom stereocenters. The van der Waals surface area contributed by atoms with Crippen LogP contribution < -0.4 is 17.2 Å². The van der Waals surface area contributed by atoms with Gasteiger partial charge in [-0.1, -0.05) is 12.8 Å². The minimum atomic E-state index is -0.954. The Bertz CT molecular complexity index is 347. The van der Waals surface area contributed by atoms with Crippen molar-refractivity contribution < 1.29 is 14.7 Å². The van der Waals surface area contributed by atoms with Gasteiger partial charge in [-0.2, -0.15) is 0 Å². The molecule has 0 aromatic rings. The second kappa shape index (κ2) is 11.2. The van der Waals surface area contributed by atoms with Crippen LogP contribution in [-0.4, -0.2) is 35.3 Å². The van der Waals surface area contributed by atoms with Gasteiger partial charge in [0.15, 0.2) is 0 Å². The number of nitrogens with one attached hydrogen (secondary N) is 1. The Morgan fingerprint density at radius 2 is 1.71 bits per heavy atom. The van der Waals surface area contributed by atoms with Crippen molar-refractivity contribution in [3.8, 4) is 0 Å². The second-order valence-electron chi connectivity index (χ2n) is 5.37. The summed E-state index contributed by atoms with van der Waals surface area (Å²) in [5.41, 5.74) is 16.4. The summed E-state index contributed by atoms with van der Waals surface area (Å²) in [7, 11) is 0. The van der Waals surface area contributed by atoms with Gasteiger partial charge in [0, 0.05) is 12.8 Å². The molecule has 0 radical (unpaired) electrons. The molecule has 0 bridgehead atoms. The normalized spacial score (nSPS) is 13.6. The Hall–Kier alpha value is -1.47. The molecule has 0 spiro atoms. The van der Waals surface area contributed by atoms with Crippen molar-refractivity contribution in [1.82, 2.24) is 0 Å². The second-order valence-corrected chi connectivity index (χ2v) is 5.37. The van der Waals surface area contributed by atoms with E-state index >= 15 is 0 Å². The summed E-state index contributed by atoms with van der Waals surface area (Å²) in [6, 6.07) is -0.631. The topological polar surface area (TPSA) is 156 Å². The van der Waals surface area contributed by atoms with Crippen LogP contribution in [-0.2, 0) is 9.59 Å². The lowest BCUT2D eigenvalue weighted by Crippen LogP contribution is -2.33. The van der Waals surface area contributed by atoms with E-state index < -0.39 is 17.9 Å². The number of amidine groups is 1. The summed E-state index contributed by atoms with van der Waals surface area (Å²) in [6.07, 6.45) is 4.32. The van der Waals surface area contributed by atoms with Crippen molar-refractivity contribution in [2.45, 2.75) is 57.4 Å². The zero-order chi connectivity index (χ0) is 16.3. The van der Waals surface area contributed by atoms with Gasteiger partial charge in [-0.25, -0.2) is 0 Å². The molecule has 21 heavy (non-hydrogen) atoms. The molecule has 0 aromatic carbocycles. The summed E-state index contributed by atoms with van der Waals surface area (Å²) in [5, 5.41) is 16.2. The molecule has 0 saturated carbocycles. The number of hydrogen-bond acceptors (Lipinski definition) is 5. The maximum Gasteiger partial charge on any atom is 0.306 e. The highest BCUT2D eigenvalue weighted by molar-refractivity contribution is 5.87. The molecular weight excluding hydrogens is 272 g/mol. The molecule has 0 heterocycles. The molecule has 0 aromatic heterocycles. The quantitative estimate of drug-likeness (QED) is 0.190. The number of unbranched alkanes of at least 4 members (excludes halogenated alkanes) is 2. The Morgan fingerprint density at radius 3 is 2.24 bits per heavy atom. The Balaban J connectivity index is 4.09. The third-order valence-electron chi connectivity index (χ3n) is 3.43. The number of ketones is 1. The van der Waals surface area contributed by atoms with E-state index in [-0.39, 0.29) is 18.0 Å². The first kappa shape index (κ1) is 19.5. The first-order chi connectivity index (χ1) is 9.88. The number of nitrogens with two attached hydrogens (primary N) is 3. The molecule has 2 atom stereocenters.